The summed E-state index contributed by atoms with van der Waals surface area (Å²) < 4.78 is 11.9. The maximum atomic E-state index is 13.2. The van der Waals surface area contributed by atoms with Gasteiger partial charge in [0.2, 0.25) is 0 Å². The minimum absolute atomic E-state index is 0.0500. The van der Waals surface area contributed by atoms with Crippen LogP contribution < -0.4 is 10.2 Å². The molecule has 2 amide bonds. The van der Waals surface area contributed by atoms with Gasteiger partial charge in [-0.15, -0.1) is 0 Å². The first kappa shape index (κ1) is 18.9. The van der Waals surface area contributed by atoms with E-state index in [0.717, 1.165) is 17.2 Å². The number of hydrogen-bond acceptors (Lipinski definition) is 8. The van der Waals surface area contributed by atoms with Gasteiger partial charge in [0.1, 0.15) is 23.0 Å². The second kappa shape index (κ2) is 6.36. The zero-order valence-corrected chi connectivity index (χ0v) is 16.7. The molecule has 0 radical (unpaired) electrons. The number of ether oxygens (including phenoxy) is 2. The van der Waals surface area contributed by atoms with E-state index < -0.39 is 23.4 Å². The number of fused-ring (bicyclic) bond motifs is 6. The normalized spacial score (nSPS) is 16.8. The Labute approximate surface area is 186 Å². The number of carbonyl (C=O) groups is 3. The molecule has 162 valence electrons. The van der Waals surface area contributed by atoms with Gasteiger partial charge in [-0.1, -0.05) is 12.1 Å². The fourth-order valence-corrected chi connectivity index (χ4v) is 4.47. The van der Waals surface area contributed by atoms with E-state index in [9.17, 15) is 24.6 Å². The third kappa shape index (κ3) is 2.50. The Morgan fingerprint density at radius 3 is 2.00 bits per heavy atom. The molecule has 0 aliphatic carbocycles. The molecular formula is C24H14N2O7. The van der Waals surface area contributed by atoms with Crippen LogP contribution >= 0.6 is 0 Å². The number of phenolic OH excluding ortho intramolecular Hbond substituents is 2. The number of phenols is 2. The van der Waals surface area contributed by atoms with E-state index >= 15 is 0 Å². The summed E-state index contributed by atoms with van der Waals surface area (Å²) in [6, 6.07) is 13.8. The van der Waals surface area contributed by atoms with E-state index in [2.05, 4.69) is 5.43 Å². The van der Waals surface area contributed by atoms with Crippen molar-refractivity contribution in [3.63, 3.8) is 0 Å². The SMILES string of the molecule is O=C1OC2(c3ccc(O)cc3Oc3cc(O)ccc32)c2cccc(NN3C(=O)C=CC3=O)c21. The van der Waals surface area contributed by atoms with Gasteiger partial charge in [0.15, 0.2) is 5.60 Å². The van der Waals surface area contributed by atoms with E-state index in [4.69, 9.17) is 9.47 Å². The van der Waals surface area contributed by atoms with Crippen LogP contribution in [0.1, 0.15) is 27.0 Å². The molecule has 6 rings (SSSR count). The number of carbonyl (C=O) groups excluding carboxylic acids is 3. The summed E-state index contributed by atoms with van der Waals surface area (Å²) in [5.41, 5.74) is 3.03. The zero-order chi connectivity index (χ0) is 22.9. The zero-order valence-electron chi connectivity index (χ0n) is 16.7. The van der Waals surface area contributed by atoms with Crippen LogP contribution in [0.15, 0.2) is 66.7 Å². The second-order valence-corrected chi connectivity index (χ2v) is 7.72. The predicted octanol–water partition coefficient (Wildman–Crippen LogP) is 2.92. The molecular weight excluding hydrogens is 428 g/mol. The van der Waals surface area contributed by atoms with Gasteiger partial charge >= 0.3 is 5.97 Å². The maximum Gasteiger partial charge on any atom is 0.342 e. The van der Waals surface area contributed by atoms with Crippen molar-refractivity contribution in [3.8, 4) is 23.0 Å². The minimum atomic E-state index is -1.44. The highest BCUT2D eigenvalue weighted by Crippen LogP contribution is 2.57. The van der Waals surface area contributed by atoms with Crippen LogP contribution in [0, 0.1) is 0 Å². The molecule has 0 bridgehead atoms. The Balaban J connectivity index is 1.59. The molecule has 3 aliphatic heterocycles. The largest absolute Gasteiger partial charge is 0.508 e. The lowest BCUT2D eigenvalue weighted by molar-refractivity contribution is -0.135. The maximum absolute atomic E-state index is 13.2. The van der Waals surface area contributed by atoms with Gasteiger partial charge in [0.05, 0.1) is 11.3 Å². The van der Waals surface area contributed by atoms with E-state index in [0.29, 0.717) is 16.7 Å². The fourth-order valence-electron chi connectivity index (χ4n) is 4.47. The third-order valence-corrected chi connectivity index (χ3v) is 5.84. The first-order chi connectivity index (χ1) is 15.9. The average molecular weight is 442 g/mol. The summed E-state index contributed by atoms with van der Waals surface area (Å²) in [4.78, 5) is 37.3. The molecule has 0 aromatic heterocycles. The van der Waals surface area contributed by atoms with Gasteiger partial charge in [0.25, 0.3) is 11.8 Å². The first-order valence-corrected chi connectivity index (χ1v) is 9.93. The van der Waals surface area contributed by atoms with Gasteiger partial charge in [0, 0.05) is 41.0 Å². The highest BCUT2D eigenvalue weighted by molar-refractivity contribution is 6.14. The van der Waals surface area contributed by atoms with Gasteiger partial charge in [-0.3, -0.25) is 15.0 Å². The molecule has 3 aromatic carbocycles. The molecule has 1 spiro atoms. The highest BCUT2D eigenvalue weighted by Gasteiger charge is 2.54. The van der Waals surface area contributed by atoms with Crippen molar-refractivity contribution in [2.45, 2.75) is 5.60 Å². The Hall–Kier alpha value is -4.79. The van der Waals surface area contributed by atoms with Crippen molar-refractivity contribution in [2.24, 2.45) is 0 Å². The molecule has 0 saturated heterocycles. The van der Waals surface area contributed by atoms with E-state index in [1.807, 2.05) is 0 Å². The molecule has 0 saturated carbocycles. The molecule has 0 atom stereocenters. The molecule has 3 heterocycles. The molecule has 33 heavy (non-hydrogen) atoms. The quantitative estimate of drug-likeness (QED) is 0.409. The third-order valence-electron chi connectivity index (χ3n) is 5.84. The van der Waals surface area contributed by atoms with Crippen molar-refractivity contribution in [3.05, 3.63) is 89.0 Å². The number of hydrogen-bond donors (Lipinski definition) is 3. The van der Waals surface area contributed by atoms with Crippen LogP contribution in [0.4, 0.5) is 5.69 Å². The number of anilines is 1. The summed E-state index contributed by atoms with van der Waals surface area (Å²) in [6.45, 7) is 0. The topological polar surface area (TPSA) is 125 Å². The van der Waals surface area contributed by atoms with Crippen molar-refractivity contribution in [2.75, 3.05) is 5.43 Å². The van der Waals surface area contributed by atoms with E-state index in [1.54, 1.807) is 30.3 Å². The number of rotatable bonds is 2. The summed E-state index contributed by atoms with van der Waals surface area (Å²) in [7, 11) is 0. The smallest absolute Gasteiger partial charge is 0.342 e. The Kier molecular flexibility index (Phi) is 3.65. The molecule has 3 aromatic rings. The lowest BCUT2D eigenvalue weighted by atomic mass is 9.77. The Morgan fingerprint density at radius 1 is 0.788 bits per heavy atom. The van der Waals surface area contributed by atoms with Crippen molar-refractivity contribution < 1.29 is 34.1 Å². The summed E-state index contributed by atoms with van der Waals surface area (Å²) in [5.74, 6) is -1.41. The number of aromatic hydroxyl groups is 2. The van der Waals surface area contributed by atoms with Crippen molar-refractivity contribution >= 4 is 23.5 Å². The average Bonchev–Trinajstić information content (AvgIpc) is 3.26. The Morgan fingerprint density at radius 2 is 1.39 bits per heavy atom. The number of benzene rings is 3. The van der Waals surface area contributed by atoms with Crippen LogP contribution in [0.3, 0.4) is 0 Å². The van der Waals surface area contributed by atoms with E-state index in [1.165, 1.54) is 24.3 Å². The number of nitrogens with zero attached hydrogens (tertiary/aromatic N) is 1. The van der Waals surface area contributed by atoms with Crippen LogP contribution in [-0.2, 0) is 19.9 Å². The van der Waals surface area contributed by atoms with Gasteiger partial charge in [-0.2, -0.15) is 5.01 Å². The molecule has 0 fully saturated rings. The van der Waals surface area contributed by atoms with Crippen LogP contribution in [-0.4, -0.2) is 33.0 Å². The van der Waals surface area contributed by atoms with Crippen molar-refractivity contribution in [1.29, 1.82) is 0 Å². The molecule has 3 aliphatic rings. The summed E-state index contributed by atoms with van der Waals surface area (Å²) in [5, 5.41) is 20.8. The lowest BCUT2D eigenvalue weighted by Crippen LogP contribution is -2.36. The van der Waals surface area contributed by atoms with Gasteiger partial charge < -0.3 is 19.7 Å². The summed E-state index contributed by atoms with van der Waals surface area (Å²) >= 11 is 0. The first-order valence-electron chi connectivity index (χ1n) is 9.93. The molecule has 3 N–H and O–H groups in total. The number of amides is 2. The predicted molar refractivity (Wildman–Crippen MR) is 113 cm³/mol. The molecule has 0 unspecified atom stereocenters. The number of imide groups is 1. The van der Waals surface area contributed by atoms with E-state index in [-0.39, 0.29) is 34.2 Å². The minimum Gasteiger partial charge on any atom is -0.508 e. The number of nitrogens with one attached hydrogen (secondary N) is 1. The standard InChI is InChI=1S/C24H14N2O7/c27-12-4-6-14-18(10-12)32-19-11-13(28)5-7-15(19)24(14)16-2-1-3-17(22(16)23(31)33-24)25-26-20(29)8-9-21(26)30/h1-11,25,27-28H. The number of esters is 1. The van der Waals surface area contributed by atoms with Crippen molar-refractivity contribution in [1.82, 2.24) is 5.01 Å². The summed E-state index contributed by atoms with van der Waals surface area (Å²) in [6.07, 6.45) is 2.25. The monoisotopic (exact) mass is 442 g/mol. The van der Waals surface area contributed by atoms with Crippen LogP contribution in [0.5, 0.6) is 23.0 Å². The second-order valence-electron chi connectivity index (χ2n) is 7.72. The van der Waals surface area contributed by atoms with Crippen LogP contribution in [0.2, 0.25) is 0 Å². The Bertz CT molecular complexity index is 1370. The lowest BCUT2D eigenvalue weighted by Gasteiger charge is -2.36. The van der Waals surface area contributed by atoms with Gasteiger partial charge in [-0.25, -0.2) is 4.79 Å². The van der Waals surface area contributed by atoms with Crippen LogP contribution in [0.25, 0.3) is 0 Å². The molecule has 9 heteroatoms. The van der Waals surface area contributed by atoms with Gasteiger partial charge in [-0.05, 0) is 30.3 Å². The molecule has 9 nitrogen and oxygen atoms in total. The fraction of sp³-hybridized carbons (Fsp3) is 0.0417. The highest BCUT2D eigenvalue weighted by atomic mass is 16.6. The number of hydrazine groups is 1.